The van der Waals surface area contributed by atoms with Crippen LogP contribution < -0.4 is 15.5 Å². The molecule has 0 aliphatic carbocycles. The second kappa shape index (κ2) is 9.37. The molecule has 2 heterocycles. The van der Waals surface area contributed by atoms with E-state index in [0.29, 0.717) is 13.1 Å². The fraction of sp³-hybridized carbons (Fsp3) is 0.688. The van der Waals surface area contributed by atoms with Crippen LogP contribution in [0.5, 0.6) is 0 Å². The molecule has 0 radical (unpaired) electrons. The molecule has 9 heteroatoms. The number of halogens is 1. The van der Waals surface area contributed by atoms with E-state index in [-0.39, 0.29) is 35.4 Å². The standard InChI is InChI=1S/C16H29N7O.HI/c1-16(2,3)19-7-6-18-15(17-4)22-8-9-23(14(24)12-22)13-10-20-21(5)11-13;/h10-11,19H,6-9,12H2,1-5H3,(H,17,18);1H. The van der Waals surface area contributed by atoms with E-state index >= 15 is 0 Å². The van der Waals surface area contributed by atoms with Crippen molar-refractivity contribution >= 4 is 41.5 Å². The van der Waals surface area contributed by atoms with Gasteiger partial charge in [0.15, 0.2) is 5.96 Å². The highest BCUT2D eigenvalue weighted by atomic mass is 127. The molecule has 1 aromatic heterocycles. The van der Waals surface area contributed by atoms with Gasteiger partial charge in [0.05, 0.1) is 11.9 Å². The van der Waals surface area contributed by atoms with Gasteiger partial charge in [-0.25, -0.2) is 0 Å². The molecule has 1 fully saturated rings. The summed E-state index contributed by atoms with van der Waals surface area (Å²) in [5, 5.41) is 10.9. The molecule has 1 aliphatic rings. The van der Waals surface area contributed by atoms with E-state index in [1.807, 2.05) is 18.1 Å². The number of aryl methyl sites for hydroxylation is 1. The first-order valence-electron chi connectivity index (χ1n) is 8.30. The topological polar surface area (TPSA) is 77.8 Å². The molecule has 0 atom stereocenters. The number of carbonyl (C=O) groups excluding carboxylic acids is 1. The summed E-state index contributed by atoms with van der Waals surface area (Å²) in [5.74, 6) is 0.829. The van der Waals surface area contributed by atoms with E-state index in [9.17, 15) is 4.79 Å². The normalized spacial score (nSPS) is 16.0. The van der Waals surface area contributed by atoms with Gasteiger partial charge in [0.2, 0.25) is 5.91 Å². The maximum atomic E-state index is 12.4. The molecule has 1 aromatic rings. The Morgan fingerprint density at radius 3 is 2.56 bits per heavy atom. The van der Waals surface area contributed by atoms with Crippen LogP contribution in [0.2, 0.25) is 0 Å². The molecule has 25 heavy (non-hydrogen) atoms. The van der Waals surface area contributed by atoms with Crippen molar-refractivity contribution in [2.75, 3.05) is 44.7 Å². The average molecular weight is 463 g/mol. The van der Waals surface area contributed by atoms with E-state index in [1.54, 1.807) is 22.8 Å². The van der Waals surface area contributed by atoms with Gasteiger partial charge in [0, 0.05) is 52.0 Å². The minimum Gasteiger partial charge on any atom is -0.355 e. The molecule has 1 aliphatic heterocycles. The van der Waals surface area contributed by atoms with Crippen molar-refractivity contribution in [1.29, 1.82) is 0 Å². The van der Waals surface area contributed by atoms with Crippen LogP contribution in [0, 0.1) is 0 Å². The van der Waals surface area contributed by atoms with Crippen molar-refractivity contribution in [3.63, 3.8) is 0 Å². The van der Waals surface area contributed by atoms with Crippen LogP contribution in [-0.2, 0) is 11.8 Å². The average Bonchev–Trinajstić information content (AvgIpc) is 2.92. The SMILES string of the molecule is CN=C(NCCNC(C)(C)C)N1CCN(c2cnn(C)c2)C(=O)C1.I. The Labute approximate surface area is 167 Å². The predicted octanol–water partition coefficient (Wildman–Crippen LogP) is 0.650. The lowest BCUT2D eigenvalue weighted by molar-refractivity contribution is -0.120. The zero-order chi connectivity index (χ0) is 17.7. The lowest BCUT2D eigenvalue weighted by Crippen LogP contribution is -2.56. The first kappa shape index (κ1) is 21.7. The lowest BCUT2D eigenvalue weighted by atomic mass is 10.1. The summed E-state index contributed by atoms with van der Waals surface area (Å²) in [5.41, 5.74) is 0.940. The number of aromatic nitrogens is 2. The molecule has 0 saturated carbocycles. The number of carbonyl (C=O) groups is 1. The second-order valence-corrected chi connectivity index (χ2v) is 6.99. The Morgan fingerprint density at radius 2 is 2.04 bits per heavy atom. The molecule has 0 aromatic carbocycles. The van der Waals surface area contributed by atoms with Crippen LogP contribution in [0.15, 0.2) is 17.4 Å². The molecule has 0 spiro atoms. The van der Waals surface area contributed by atoms with Crippen LogP contribution in [-0.4, -0.2) is 71.9 Å². The highest BCUT2D eigenvalue weighted by Gasteiger charge is 2.27. The van der Waals surface area contributed by atoms with Gasteiger partial charge in [0.25, 0.3) is 0 Å². The summed E-state index contributed by atoms with van der Waals surface area (Å²) in [6, 6.07) is 0. The molecule has 1 amide bonds. The molecular weight excluding hydrogens is 433 g/mol. The maximum Gasteiger partial charge on any atom is 0.246 e. The van der Waals surface area contributed by atoms with Crippen LogP contribution in [0.3, 0.4) is 0 Å². The Morgan fingerprint density at radius 1 is 1.32 bits per heavy atom. The highest BCUT2D eigenvalue weighted by molar-refractivity contribution is 14.0. The van der Waals surface area contributed by atoms with Crippen molar-refractivity contribution in [2.45, 2.75) is 26.3 Å². The third-order valence-electron chi connectivity index (χ3n) is 3.80. The van der Waals surface area contributed by atoms with Crippen molar-refractivity contribution in [2.24, 2.45) is 12.0 Å². The fourth-order valence-electron chi connectivity index (χ4n) is 2.62. The van der Waals surface area contributed by atoms with E-state index in [1.165, 1.54) is 0 Å². The number of rotatable bonds is 4. The van der Waals surface area contributed by atoms with Gasteiger partial charge in [-0.3, -0.25) is 14.5 Å². The van der Waals surface area contributed by atoms with Crippen LogP contribution in [0.1, 0.15) is 20.8 Å². The molecule has 1 saturated heterocycles. The number of aliphatic imine (C=N–C) groups is 1. The maximum absolute atomic E-state index is 12.4. The number of hydrogen-bond acceptors (Lipinski definition) is 4. The predicted molar refractivity (Wildman–Crippen MR) is 112 cm³/mol. The minimum atomic E-state index is 0. The first-order valence-corrected chi connectivity index (χ1v) is 8.30. The number of anilines is 1. The van der Waals surface area contributed by atoms with Crippen molar-refractivity contribution in [3.8, 4) is 0 Å². The number of piperazine rings is 1. The summed E-state index contributed by atoms with van der Waals surface area (Å²) in [7, 11) is 3.60. The van der Waals surface area contributed by atoms with Crippen LogP contribution in [0.25, 0.3) is 0 Å². The monoisotopic (exact) mass is 463 g/mol. The number of hydrogen-bond donors (Lipinski definition) is 2. The van der Waals surface area contributed by atoms with Gasteiger partial charge in [-0.1, -0.05) is 0 Å². The summed E-state index contributed by atoms with van der Waals surface area (Å²) < 4.78 is 1.71. The molecule has 142 valence electrons. The quantitative estimate of drug-likeness (QED) is 0.297. The third kappa shape index (κ3) is 6.46. The van der Waals surface area contributed by atoms with Gasteiger partial charge in [-0.2, -0.15) is 5.10 Å². The van der Waals surface area contributed by atoms with Gasteiger partial charge < -0.3 is 20.4 Å². The zero-order valence-electron chi connectivity index (χ0n) is 15.7. The zero-order valence-corrected chi connectivity index (χ0v) is 18.1. The highest BCUT2D eigenvalue weighted by Crippen LogP contribution is 2.15. The molecule has 8 nitrogen and oxygen atoms in total. The van der Waals surface area contributed by atoms with Gasteiger partial charge in [-0.05, 0) is 20.8 Å². The lowest BCUT2D eigenvalue weighted by Gasteiger charge is -2.35. The molecule has 2 N–H and O–H groups in total. The number of nitrogens with zero attached hydrogens (tertiary/aromatic N) is 5. The Kier molecular flexibility index (Phi) is 8.13. The second-order valence-electron chi connectivity index (χ2n) is 6.99. The van der Waals surface area contributed by atoms with Crippen LogP contribution >= 0.6 is 24.0 Å². The van der Waals surface area contributed by atoms with Crippen molar-refractivity contribution < 1.29 is 4.79 Å². The van der Waals surface area contributed by atoms with E-state index < -0.39 is 0 Å². The molecule has 2 rings (SSSR count). The van der Waals surface area contributed by atoms with Crippen molar-refractivity contribution in [3.05, 3.63) is 12.4 Å². The third-order valence-corrected chi connectivity index (χ3v) is 3.80. The Bertz CT molecular complexity index is 594. The molecule has 0 unspecified atom stereocenters. The van der Waals surface area contributed by atoms with Gasteiger partial charge in [-0.15, -0.1) is 24.0 Å². The Hall–Kier alpha value is -1.36. The molecule has 0 bridgehead atoms. The van der Waals surface area contributed by atoms with Gasteiger partial charge in [0.1, 0.15) is 6.54 Å². The fourth-order valence-corrected chi connectivity index (χ4v) is 2.62. The minimum absolute atomic E-state index is 0. The van der Waals surface area contributed by atoms with E-state index in [2.05, 4.69) is 41.5 Å². The van der Waals surface area contributed by atoms with Crippen LogP contribution in [0.4, 0.5) is 5.69 Å². The summed E-state index contributed by atoms with van der Waals surface area (Å²) in [6.07, 6.45) is 3.58. The number of amides is 1. The van der Waals surface area contributed by atoms with Crippen molar-refractivity contribution in [1.82, 2.24) is 25.3 Å². The number of nitrogens with one attached hydrogen (secondary N) is 2. The van der Waals surface area contributed by atoms with Gasteiger partial charge >= 0.3 is 0 Å². The largest absolute Gasteiger partial charge is 0.355 e. The first-order chi connectivity index (χ1) is 11.3. The Balaban J connectivity index is 0.00000312. The molecular formula is C16H30IN7O. The summed E-state index contributed by atoms with van der Waals surface area (Å²) in [4.78, 5) is 20.5. The summed E-state index contributed by atoms with van der Waals surface area (Å²) >= 11 is 0. The van der Waals surface area contributed by atoms with E-state index in [0.717, 1.165) is 31.3 Å². The number of guanidine groups is 1. The summed E-state index contributed by atoms with van der Waals surface area (Å²) in [6.45, 7) is 9.71. The van der Waals surface area contributed by atoms with E-state index in [4.69, 9.17) is 0 Å². The smallest absolute Gasteiger partial charge is 0.246 e.